The van der Waals surface area contributed by atoms with Gasteiger partial charge in [-0.05, 0) is 30.7 Å². The van der Waals surface area contributed by atoms with Crippen LogP contribution in [-0.4, -0.2) is 9.97 Å². The third-order valence-corrected chi connectivity index (χ3v) is 2.62. The van der Waals surface area contributed by atoms with Crippen LogP contribution in [0.2, 0.25) is 0 Å². The molecule has 0 bridgehead atoms. The van der Waals surface area contributed by atoms with Gasteiger partial charge in [0.05, 0.1) is 11.9 Å². The molecule has 84 valence electrons. The van der Waals surface area contributed by atoms with E-state index in [1.54, 1.807) is 12.3 Å². The standard InChI is InChI=1S/C13H15FN2/c1-8(2)13-15-7-12(16-13)11-5-4-10(14)6-9(11)3/h4-8H,1-3H3,(H,15,16). The summed E-state index contributed by atoms with van der Waals surface area (Å²) in [5.41, 5.74) is 2.86. The van der Waals surface area contributed by atoms with Crippen LogP contribution in [0.15, 0.2) is 24.4 Å². The number of rotatable bonds is 2. The highest BCUT2D eigenvalue weighted by Crippen LogP contribution is 2.23. The van der Waals surface area contributed by atoms with E-state index >= 15 is 0 Å². The third kappa shape index (κ3) is 1.98. The van der Waals surface area contributed by atoms with Crippen LogP contribution < -0.4 is 0 Å². The highest BCUT2D eigenvalue weighted by atomic mass is 19.1. The van der Waals surface area contributed by atoms with Crippen molar-refractivity contribution in [1.82, 2.24) is 9.97 Å². The monoisotopic (exact) mass is 218 g/mol. The minimum atomic E-state index is -0.204. The normalized spacial score (nSPS) is 11.1. The van der Waals surface area contributed by atoms with Gasteiger partial charge in [-0.15, -0.1) is 0 Å². The molecule has 16 heavy (non-hydrogen) atoms. The third-order valence-electron chi connectivity index (χ3n) is 2.62. The van der Waals surface area contributed by atoms with Gasteiger partial charge in [0.15, 0.2) is 0 Å². The molecule has 2 aromatic rings. The van der Waals surface area contributed by atoms with Crippen molar-refractivity contribution in [3.63, 3.8) is 0 Å². The summed E-state index contributed by atoms with van der Waals surface area (Å²) >= 11 is 0. The van der Waals surface area contributed by atoms with Gasteiger partial charge in [-0.2, -0.15) is 0 Å². The van der Waals surface area contributed by atoms with Crippen LogP contribution in [0, 0.1) is 12.7 Å². The second kappa shape index (κ2) is 4.08. The summed E-state index contributed by atoms with van der Waals surface area (Å²) in [6, 6.07) is 4.78. The first-order valence-corrected chi connectivity index (χ1v) is 5.39. The Morgan fingerprint density at radius 3 is 2.62 bits per heavy atom. The van der Waals surface area contributed by atoms with Gasteiger partial charge in [0.1, 0.15) is 11.6 Å². The molecule has 0 spiro atoms. The largest absolute Gasteiger partial charge is 0.342 e. The Labute approximate surface area is 94.5 Å². The quantitative estimate of drug-likeness (QED) is 0.819. The Bertz CT molecular complexity index is 500. The van der Waals surface area contributed by atoms with Crippen molar-refractivity contribution in [2.75, 3.05) is 0 Å². The van der Waals surface area contributed by atoms with E-state index in [1.807, 2.05) is 6.92 Å². The Morgan fingerprint density at radius 2 is 2.06 bits per heavy atom. The number of nitrogens with one attached hydrogen (secondary N) is 1. The van der Waals surface area contributed by atoms with Crippen molar-refractivity contribution in [2.24, 2.45) is 0 Å². The summed E-state index contributed by atoms with van der Waals surface area (Å²) in [5, 5.41) is 0. The average molecular weight is 218 g/mol. The van der Waals surface area contributed by atoms with Crippen LogP contribution in [0.5, 0.6) is 0 Å². The fraction of sp³-hybridized carbons (Fsp3) is 0.308. The van der Waals surface area contributed by atoms with E-state index in [4.69, 9.17) is 0 Å². The summed E-state index contributed by atoms with van der Waals surface area (Å²) in [5.74, 6) is 1.12. The number of H-pyrrole nitrogens is 1. The maximum absolute atomic E-state index is 13.0. The van der Waals surface area contributed by atoms with Crippen molar-refractivity contribution in [3.05, 3.63) is 41.6 Å². The maximum atomic E-state index is 13.0. The smallest absolute Gasteiger partial charge is 0.123 e. The van der Waals surface area contributed by atoms with E-state index in [2.05, 4.69) is 23.8 Å². The van der Waals surface area contributed by atoms with Gasteiger partial charge in [-0.3, -0.25) is 0 Å². The molecule has 1 aromatic heterocycles. The number of nitrogens with zero attached hydrogens (tertiary/aromatic N) is 1. The van der Waals surface area contributed by atoms with Crippen LogP contribution in [-0.2, 0) is 0 Å². The summed E-state index contributed by atoms with van der Waals surface area (Å²) in [7, 11) is 0. The molecule has 0 saturated heterocycles. The second-order valence-corrected chi connectivity index (χ2v) is 4.30. The molecule has 0 radical (unpaired) electrons. The molecule has 1 N–H and O–H groups in total. The zero-order chi connectivity index (χ0) is 11.7. The molecular formula is C13H15FN2. The molecule has 3 heteroatoms. The minimum absolute atomic E-state index is 0.204. The Balaban J connectivity index is 2.42. The SMILES string of the molecule is Cc1cc(F)ccc1-c1cnc(C(C)C)[nH]1. The topological polar surface area (TPSA) is 28.7 Å². The summed E-state index contributed by atoms with van der Waals surface area (Å²) in [4.78, 5) is 7.56. The first kappa shape index (κ1) is 10.9. The van der Waals surface area contributed by atoms with Gasteiger partial charge < -0.3 is 4.98 Å². The van der Waals surface area contributed by atoms with Crippen molar-refractivity contribution < 1.29 is 4.39 Å². The van der Waals surface area contributed by atoms with Gasteiger partial charge in [0, 0.05) is 11.5 Å². The van der Waals surface area contributed by atoms with Crippen LogP contribution >= 0.6 is 0 Å². The number of hydrogen-bond donors (Lipinski definition) is 1. The molecule has 0 atom stereocenters. The van der Waals surface area contributed by atoms with E-state index in [1.165, 1.54) is 12.1 Å². The van der Waals surface area contributed by atoms with Gasteiger partial charge >= 0.3 is 0 Å². The number of aromatic amines is 1. The molecule has 1 aromatic carbocycles. The minimum Gasteiger partial charge on any atom is -0.342 e. The number of hydrogen-bond acceptors (Lipinski definition) is 1. The molecule has 0 unspecified atom stereocenters. The maximum Gasteiger partial charge on any atom is 0.123 e. The highest BCUT2D eigenvalue weighted by molar-refractivity contribution is 5.62. The van der Waals surface area contributed by atoms with Crippen molar-refractivity contribution in [1.29, 1.82) is 0 Å². The molecular weight excluding hydrogens is 203 g/mol. The lowest BCUT2D eigenvalue weighted by atomic mass is 10.1. The lowest BCUT2D eigenvalue weighted by Crippen LogP contribution is -1.90. The Kier molecular flexibility index (Phi) is 2.77. The molecule has 0 aliphatic heterocycles. The first-order valence-electron chi connectivity index (χ1n) is 5.39. The van der Waals surface area contributed by atoms with Crippen molar-refractivity contribution in [3.8, 4) is 11.3 Å². The average Bonchev–Trinajstić information content (AvgIpc) is 2.66. The molecule has 0 aliphatic rings. The van der Waals surface area contributed by atoms with E-state index in [9.17, 15) is 4.39 Å². The van der Waals surface area contributed by atoms with E-state index < -0.39 is 0 Å². The van der Waals surface area contributed by atoms with Crippen LogP contribution in [0.1, 0.15) is 31.2 Å². The van der Waals surface area contributed by atoms with Crippen LogP contribution in [0.25, 0.3) is 11.3 Å². The number of aryl methyl sites for hydroxylation is 1. The van der Waals surface area contributed by atoms with E-state index in [0.29, 0.717) is 5.92 Å². The van der Waals surface area contributed by atoms with Gasteiger partial charge in [0.25, 0.3) is 0 Å². The van der Waals surface area contributed by atoms with Gasteiger partial charge in [0.2, 0.25) is 0 Å². The van der Waals surface area contributed by atoms with Gasteiger partial charge in [-0.1, -0.05) is 13.8 Å². The summed E-state index contributed by atoms with van der Waals surface area (Å²) < 4.78 is 13.0. The molecule has 0 saturated carbocycles. The zero-order valence-electron chi connectivity index (χ0n) is 9.71. The molecule has 2 rings (SSSR count). The molecule has 2 nitrogen and oxygen atoms in total. The fourth-order valence-electron chi connectivity index (χ4n) is 1.70. The summed E-state index contributed by atoms with van der Waals surface area (Å²) in [6.45, 7) is 6.06. The summed E-state index contributed by atoms with van der Waals surface area (Å²) in [6.07, 6.45) is 1.80. The zero-order valence-corrected chi connectivity index (χ0v) is 9.71. The second-order valence-electron chi connectivity index (χ2n) is 4.30. The Morgan fingerprint density at radius 1 is 1.31 bits per heavy atom. The predicted molar refractivity (Wildman–Crippen MR) is 62.8 cm³/mol. The predicted octanol–water partition coefficient (Wildman–Crippen LogP) is 3.65. The highest BCUT2D eigenvalue weighted by Gasteiger charge is 2.08. The lowest BCUT2D eigenvalue weighted by Gasteiger charge is -2.03. The number of aromatic nitrogens is 2. The number of benzene rings is 1. The van der Waals surface area contributed by atoms with Gasteiger partial charge in [-0.25, -0.2) is 9.37 Å². The number of halogens is 1. The molecule has 1 heterocycles. The number of imidazole rings is 1. The van der Waals surface area contributed by atoms with Crippen molar-refractivity contribution in [2.45, 2.75) is 26.7 Å². The Hall–Kier alpha value is -1.64. The first-order chi connectivity index (χ1) is 7.58. The lowest BCUT2D eigenvalue weighted by molar-refractivity contribution is 0.627. The van der Waals surface area contributed by atoms with E-state index in [0.717, 1.165) is 22.6 Å². The van der Waals surface area contributed by atoms with E-state index in [-0.39, 0.29) is 5.82 Å². The fourth-order valence-corrected chi connectivity index (χ4v) is 1.70. The van der Waals surface area contributed by atoms with Crippen molar-refractivity contribution >= 4 is 0 Å². The van der Waals surface area contributed by atoms with Crippen LogP contribution in [0.4, 0.5) is 4.39 Å². The molecule has 0 amide bonds. The van der Waals surface area contributed by atoms with Crippen LogP contribution in [0.3, 0.4) is 0 Å². The molecule has 0 aliphatic carbocycles. The molecule has 0 fully saturated rings.